The van der Waals surface area contributed by atoms with E-state index in [4.69, 9.17) is 4.74 Å². The van der Waals surface area contributed by atoms with Crippen LogP contribution in [-0.4, -0.2) is 31.2 Å². The van der Waals surface area contributed by atoms with E-state index in [-0.39, 0.29) is 17.8 Å². The van der Waals surface area contributed by atoms with Gasteiger partial charge in [-0.3, -0.25) is 9.59 Å². The van der Waals surface area contributed by atoms with Gasteiger partial charge in [0.1, 0.15) is 5.70 Å². The number of rotatable bonds is 10. The van der Waals surface area contributed by atoms with Crippen LogP contribution in [0.25, 0.3) is 0 Å². The van der Waals surface area contributed by atoms with Crippen molar-refractivity contribution in [1.82, 2.24) is 5.32 Å². The van der Waals surface area contributed by atoms with Gasteiger partial charge >= 0.3 is 6.18 Å². The minimum atomic E-state index is -4.71. The number of carbonyl (C=O) groups is 2. The van der Waals surface area contributed by atoms with Crippen molar-refractivity contribution in [3.8, 4) is 0 Å². The Morgan fingerprint density at radius 2 is 1.41 bits per heavy atom. The zero-order valence-electron chi connectivity index (χ0n) is 23.4. The van der Waals surface area contributed by atoms with Gasteiger partial charge in [0.2, 0.25) is 6.41 Å². The Morgan fingerprint density at radius 1 is 0.854 bits per heavy atom. The maximum atomic E-state index is 13.1. The first-order valence-corrected chi connectivity index (χ1v) is 12.6. The van der Waals surface area contributed by atoms with Gasteiger partial charge in [-0.1, -0.05) is 43.0 Å². The molecule has 0 radical (unpaired) electrons. The number of benzene rings is 3. The van der Waals surface area contributed by atoms with E-state index >= 15 is 0 Å². The summed E-state index contributed by atoms with van der Waals surface area (Å²) in [7, 11) is 1.71. The van der Waals surface area contributed by atoms with E-state index in [1.165, 1.54) is 0 Å². The number of halogens is 3. The highest BCUT2D eigenvalue weighted by Gasteiger charge is 2.31. The molecule has 0 fully saturated rings. The predicted molar refractivity (Wildman–Crippen MR) is 158 cm³/mol. The number of carbonyl (C=O) groups excluding carboxylic acids is 2. The molecular formula is C31H35F3N4O3. The highest BCUT2D eigenvalue weighted by molar-refractivity contribution is 6.06. The van der Waals surface area contributed by atoms with Gasteiger partial charge in [0.25, 0.3) is 5.91 Å². The fraction of sp³-hybridized carbons (Fsp3) is 0.226. The SMILES string of the molecule is C=C(/C=C(\Nc1cccc(CNC=O)c1)C(=O)Nc1cccc(Nc2ccccc2)c1)C(F)(F)F.COC(C)(C)C. The van der Waals surface area contributed by atoms with E-state index < -0.39 is 17.7 Å². The molecule has 0 saturated carbocycles. The fourth-order valence-corrected chi connectivity index (χ4v) is 3.05. The molecule has 218 valence electrons. The lowest BCUT2D eigenvalue weighted by atomic mass is 10.1. The molecule has 3 aromatic rings. The van der Waals surface area contributed by atoms with Crippen LogP contribution < -0.4 is 21.3 Å². The van der Waals surface area contributed by atoms with Gasteiger partial charge in [0, 0.05) is 36.4 Å². The number of anilines is 4. The molecule has 41 heavy (non-hydrogen) atoms. The van der Waals surface area contributed by atoms with Gasteiger partial charge in [-0.05, 0) is 74.9 Å². The third-order valence-electron chi connectivity index (χ3n) is 5.32. The molecule has 0 unspecified atom stereocenters. The number of nitrogens with one attached hydrogen (secondary N) is 4. The zero-order valence-corrected chi connectivity index (χ0v) is 23.4. The zero-order chi connectivity index (χ0) is 30.5. The van der Waals surface area contributed by atoms with Crippen molar-refractivity contribution in [3.05, 3.63) is 108 Å². The van der Waals surface area contributed by atoms with Crippen molar-refractivity contribution >= 4 is 35.1 Å². The Labute approximate surface area is 238 Å². The van der Waals surface area contributed by atoms with Crippen LogP contribution >= 0.6 is 0 Å². The molecule has 3 rings (SSSR count). The topological polar surface area (TPSA) is 91.5 Å². The second kappa shape index (κ2) is 15.3. The molecule has 3 aromatic carbocycles. The van der Waals surface area contributed by atoms with E-state index in [1.54, 1.807) is 55.6 Å². The summed E-state index contributed by atoms with van der Waals surface area (Å²) in [5.74, 6) is -0.788. The summed E-state index contributed by atoms with van der Waals surface area (Å²) in [5.41, 5.74) is 1.46. The molecule has 0 atom stereocenters. The molecule has 0 saturated heterocycles. The lowest BCUT2D eigenvalue weighted by molar-refractivity contribution is -0.112. The maximum absolute atomic E-state index is 13.1. The van der Waals surface area contributed by atoms with Crippen LogP contribution in [0.15, 0.2) is 103 Å². The molecule has 10 heteroatoms. The van der Waals surface area contributed by atoms with Crippen molar-refractivity contribution in [2.45, 2.75) is 39.1 Å². The monoisotopic (exact) mass is 568 g/mol. The Bertz CT molecular complexity index is 1330. The van der Waals surface area contributed by atoms with Crippen molar-refractivity contribution in [3.63, 3.8) is 0 Å². The first kappa shape index (κ1) is 32.6. The number of alkyl halides is 3. The molecule has 2 amide bonds. The smallest absolute Gasteiger partial charge is 0.379 e. The third-order valence-corrected chi connectivity index (χ3v) is 5.32. The quantitative estimate of drug-likeness (QED) is 0.118. The predicted octanol–water partition coefficient (Wildman–Crippen LogP) is 7.16. The van der Waals surface area contributed by atoms with Crippen LogP contribution in [0, 0.1) is 0 Å². The Kier molecular flexibility index (Phi) is 12.2. The van der Waals surface area contributed by atoms with Crippen LogP contribution in [0.2, 0.25) is 0 Å². The number of amides is 2. The highest BCUT2D eigenvalue weighted by atomic mass is 19.4. The number of methoxy groups -OCH3 is 1. The number of ether oxygens (including phenoxy) is 1. The molecule has 0 aliphatic carbocycles. The highest BCUT2D eigenvalue weighted by Crippen LogP contribution is 2.27. The van der Waals surface area contributed by atoms with Gasteiger partial charge in [0.15, 0.2) is 0 Å². The number of hydrogen-bond donors (Lipinski definition) is 4. The minimum absolute atomic E-state index is 0.0417. The molecule has 0 aliphatic heterocycles. The molecule has 7 nitrogen and oxygen atoms in total. The lowest BCUT2D eigenvalue weighted by Gasteiger charge is -2.15. The standard InChI is InChI=1S/C26H23F3N4O2.C5H12O/c1-18(26(27,28)29)13-24(32-21-10-5-7-19(14-21)16-30-17-34)25(35)33-23-12-6-11-22(15-23)31-20-8-3-2-4-9-20;1-5(2,3)6-4/h2-15,17,31-32H,1,16H2,(H,30,34)(H,33,35);1-4H3/b24-13-;. The van der Waals surface area contributed by atoms with E-state index in [9.17, 15) is 22.8 Å². The van der Waals surface area contributed by atoms with E-state index in [1.807, 2.05) is 51.1 Å². The van der Waals surface area contributed by atoms with Crippen molar-refractivity contribution < 1.29 is 27.5 Å². The summed E-state index contributed by atoms with van der Waals surface area (Å²) in [6.07, 6.45) is -3.52. The molecular weight excluding hydrogens is 533 g/mol. The average Bonchev–Trinajstić information content (AvgIpc) is 2.92. The lowest BCUT2D eigenvalue weighted by Crippen LogP contribution is -2.21. The molecule has 4 N–H and O–H groups in total. The number of hydrogen-bond acceptors (Lipinski definition) is 5. The Morgan fingerprint density at radius 3 is 2.00 bits per heavy atom. The van der Waals surface area contributed by atoms with Gasteiger partial charge < -0.3 is 26.0 Å². The molecule has 0 aromatic heterocycles. The van der Waals surface area contributed by atoms with Gasteiger partial charge in [-0.25, -0.2) is 0 Å². The third kappa shape index (κ3) is 12.4. The van der Waals surface area contributed by atoms with Crippen molar-refractivity contribution in [1.29, 1.82) is 0 Å². The molecule has 0 spiro atoms. The van der Waals surface area contributed by atoms with E-state index in [0.29, 0.717) is 35.1 Å². The van der Waals surface area contributed by atoms with Crippen LogP contribution in [0.3, 0.4) is 0 Å². The maximum Gasteiger partial charge on any atom is 0.415 e. The normalized spacial score (nSPS) is 11.4. The Hall–Kier alpha value is -4.57. The largest absolute Gasteiger partial charge is 0.415 e. The first-order chi connectivity index (χ1) is 19.3. The summed E-state index contributed by atoms with van der Waals surface area (Å²) in [6.45, 7) is 9.32. The molecule has 0 bridgehead atoms. The molecule has 0 heterocycles. The van der Waals surface area contributed by atoms with Gasteiger partial charge in [0.05, 0.1) is 11.2 Å². The van der Waals surface area contributed by atoms with Gasteiger partial charge in [-0.15, -0.1) is 0 Å². The van der Waals surface area contributed by atoms with Crippen molar-refractivity contribution in [2.75, 3.05) is 23.1 Å². The van der Waals surface area contributed by atoms with Crippen LogP contribution in [0.1, 0.15) is 26.3 Å². The summed E-state index contributed by atoms with van der Waals surface area (Å²) in [4.78, 5) is 23.5. The van der Waals surface area contributed by atoms with Crippen LogP contribution in [0.5, 0.6) is 0 Å². The number of para-hydroxylation sites is 1. The summed E-state index contributed by atoms with van der Waals surface area (Å²) in [5, 5.41) is 11.0. The number of allylic oxidation sites excluding steroid dienone is 2. The van der Waals surface area contributed by atoms with E-state index in [2.05, 4.69) is 27.8 Å². The average molecular weight is 569 g/mol. The van der Waals surface area contributed by atoms with Crippen molar-refractivity contribution in [2.24, 2.45) is 0 Å². The molecule has 0 aliphatic rings. The first-order valence-electron chi connectivity index (χ1n) is 12.6. The fourth-order valence-electron chi connectivity index (χ4n) is 3.05. The van der Waals surface area contributed by atoms with Gasteiger partial charge in [-0.2, -0.15) is 13.2 Å². The Balaban J connectivity index is 0.000000883. The summed E-state index contributed by atoms with van der Waals surface area (Å²) < 4.78 is 44.4. The minimum Gasteiger partial charge on any atom is -0.379 e. The second-order valence-corrected chi connectivity index (χ2v) is 9.75. The summed E-state index contributed by atoms with van der Waals surface area (Å²) >= 11 is 0. The van der Waals surface area contributed by atoms with Crippen LogP contribution in [-0.2, 0) is 20.9 Å². The van der Waals surface area contributed by atoms with Crippen LogP contribution in [0.4, 0.5) is 35.9 Å². The summed E-state index contributed by atoms with van der Waals surface area (Å²) in [6, 6.07) is 22.7. The second-order valence-electron chi connectivity index (χ2n) is 9.75. The van der Waals surface area contributed by atoms with E-state index in [0.717, 1.165) is 5.69 Å².